The molecule has 0 unspecified atom stereocenters. The first-order chi connectivity index (χ1) is 13.3. The van der Waals surface area contributed by atoms with Gasteiger partial charge in [-0.1, -0.05) is 13.3 Å². The number of ether oxygens (including phenoxy) is 2. The number of hydrogen-bond donors (Lipinski definition) is 0. The molecule has 1 aromatic rings. The number of hydrogen-bond acceptors (Lipinski definition) is 8. The van der Waals surface area contributed by atoms with Gasteiger partial charge in [-0.25, -0.2) is 4.79 Å². The van der Waals surface area contributed by atoms with Gasteiger partial charge in [0, 0.05) is 19.2 Å². The van der Waals surface area contributed by atoms with Crippen LogP contribution in [0.25, 0.3) is 0 Å². The lowest BCUT2D eigenvalue weighted by atomic mass is 9.98. The van der Waals surface area contributed by atoms with E-state index in [1.165, 1.54) is 0 Å². The Balaban J connectivity index is 1.76. The van der Waals surface area contributed by atoms with E-state index < -0.39 is 15.5 Å². The summed E-state index contributed by atoms with van der Waals surface area (Å²) < 4.78 is 42.5. The SMILES string of the molecule is CCCCOC(=O)N1CCC(COc2coc(COS(C)(=O)=O)cc2=O)CC1. The number of carbonyl (C=O) groups excluding carboxylic acids is 1. The summed E-state index contributed by atoms with van der Waals surface area (Å²) in [5.74, 6) is 0.370. The minimum atomic E-state index is -3.62. The van der Waals surface area contributed by atoms with Crippen molar-refractivity contribution in [2.24, 2.45) is 5.92 Å². The van der Waals surface area contributed by atoms with Crippen LogP contribution in [0.15, 0.2) is 21.5 Å². The van der Waals surface area contributed by atoms with Crippen LogP contribution < -0.4 is 10.2 Å². The molecule has 1 amide bonds. The van der Waals surface area contributed by atoms with Gasteiger partial charge < -0.3 is 18.8 Å². The summed E-state index contributed by atoms with van der Waals surface area (Å²) in [6.45, 7) is 3.66. The van der Waals surface area contributed by atoms with Gasteiger partial charge in [-0.3, -0.25) is 8.98 Å². The first kappa shape index (κ1) is 22.2. The van der Waals surface area contributed by atoms with Crippen LogP contribution >= 0.6 is 0 Å². The Labute approximate surface area is 164 Å². The molecule has 1 fully saturated rings. The quantitative estimate of drug-likeness (QED) is 0.444. The monoisotopic (exact) mass is 417 g/mol. The van der Waals surface area contributed by atoms with Crippen molar-refractivity contribution >= 4 is 16.2 Å². The molecule has 2 heterocycles. The van der Waals surface area contributed by atoms with Crippen molar-refractivity contribution in [3.63, 3.8) is 0 Å². The number of rotatable bonds is 9. The highest BCUT2D eigenvalue weighted by Gasteiger charge is 2.24. The Bertz CT molecular complexity index is 796. The van der Waals surface area contributed by atoms with Gasteiger partial charge in [-0.15, -0.1) is 0 Å². The van der Waals surface area contributed by atoms with E-state index in [9.17, 15) is 18.0 Å². The van der Waals surface area contributed by atoms with E-state index in [1.54, 1.807) is 4.90 Å². The van der Waals surface area contributed by atoms with Crippen molar-refractivity contribution in [2.75, 3.05) is 32.6 Å². The van der Waals surface area contributed by atoms with E-state index in [0.717, 1.165) is 44.3 Å². The molecule has 2 rings (SSSR count). The smallest absolute Gasteiger partial charge is 0.409 e. The number of likely N-dealkylation sites (tertiary alicyclic amines) is 1. The summed E-state index contributed by atoms with van der Waals surface area (Å²) in [6.07, 6.45) is 5.15. The Morgan fingerprint density at radius 3 is 2.64 bits per heavy atom. The molecule has 28 heavy (non-hydrogen) atoms. The topological polar surface area (TPSA) is 112 Å². The third-order valence-electron chi connectivity index (χ3n) is 4.34. The van der Waals surface area contributed by atoms with Gasteiger partial charge in [-0.05, 0) is 25.2 Å². The molecule has 10 heteroatoms. The highest BCUT2D eigenvalue weighted by atomic mass is 32.2. The molecule has 158 valence electrons. The third kappa shape index (κ3) is 7.51. The van der Waals surface area contributed by atoms with Crippen molar-refractivity contribution < 1.29 is 31.3 Å². The molecule has 1 aromatic heterocycles. The van der Waals surface area contributed by atoms with Crippen LogP contribution in [-0.4, -0.2) is 52.0 Å². The van der Waals surface area contributed by atoms with Crippen LogP contribution in [0, 0.1) is 5.92 Å². The fourth-order valence-corrected chi connectivity index (χ4v) is 3.00. The predicted molar refractivity (Wildman–Crippen MR) is 101 cm³/mol. The second-order valence-corrected chi connectivity index (χ2v) is 8.39. The van der Waals surface area contributed by atoms with Gasteiger partial charge in [0.05, 0.1) is 19.5 Å². The van der Waals surface area contributed by atoms with Crippen LogP contribution in [0.3, 0.4) is 0 Å². The molecule has 0 saturated carbocycles. The zero-order valence-corrected chi connectivity index (χ0v) is 17.0. The van der Waals surface area contributed by atoms with Crippen molar-refractivity contribution in [3.8, 4) is 5.75 Å². The lowest BCUT2D eigenvalue weighted by molar-refractivity contribution is 0.0797. The van der Waals surface area contributed by atoms with Crippen molar-refractivity contribution in [1.82, 2.24) is 4.90 Å². The fraction of sp³-hybridized carbons (Fsp3) is 0.667. The lowest BCUT2D eigenvalue weighted by Crippen LogP contribution is -2.40. The van der Waals surface area contributed by atoms with E-state index in [2.05, 4.69) is 4.18 Å². The van der Waals surface area contributed by atoms with Crippen molar-refractivity contribution in [2.45, 2.75) is 39.2 Å². The fourth-order valence-electron chi connectivity index (χ4n) is 2.67. The standard InChI is InChI=1S/C18H27NO8S/c1-3-4-9-24-18(21)19-7-5-14(6-8-19)11-26-17-13-25-15(10-16(17)20)12-27-28(2,22)23/h10,13-14H,3-9,11-12H2,1-2H3. The van der Waals surface area contributed by atoms with Gasteiger partial charge in [0.2, 0.25) is 11.2 Å². The molecule has 0 spiro atoms. The normalized spacial score (nSPS) is 15.4. The van der Waals surface area contributed by atoms with Gasteiger partial charge in [0.15, 0.2) is 0 Å². The molecule has 0 N–H and O–H groups in total. The molecule has 0 aromatic carbocycles. The van der Waals surface area contributed by atoms with E-state index >= 15 is 0 Å². The number of unbranched alkanes of at least 4 members (excludes halogenated alkanes) is 1. The minimum absolute atomic E-state index is 0.0597. The summed E-state index contributed by atoms with van der Waals surface area (Å²) in [5, 5.41) is 0. The van der Waals surface area contributed by atoms with Gasteiger partial charge >= 0.3 is 6.09 Å². The summed E-state index contributed by atoms with van der Waals surface area (Å²) in [6, 6.07) is 1.15. The molecular formula is C18H27NO8S. The minimum Gasteiger partial charge on any atom is -0.486 e. The summed E-state index contributed by atoms with van der Waals surface area (Å²) in [7, 11) is -3.62. The zero-order valence-electron chi connectivity index (χ0n) is 16.2. The zero-order chi connectivity index (χ0) is 20.6. The lowest BCUT2D eigenvalue weighted by Gasteiger charge is -2.31. The predicted octanol–water partition coefficient (Wildman–Crippen LogP) is 2.14. The molecule has 0 radical (unpaired) electrons. The molecule has 0 atom stereocenters. The van der Waals surface area contributed by atoms with Crippen LogP contribution in [0.1, 0.15) is 38.4 Å². The highest BCUT2D eigenvalue weighted by Crippen LogP contribution is 2.19. The number of nitrogens with zero attached hydrogens (tertiary/aromatic N) is 1. The Kier molecular flexibility index (Phi) is 8.31. The maximum absolute atomic E-state index is 12.0. The number of piperidine rings is 1. The molecule has 0 bridgehead atoms. The van der Waals surface area contributed by atoms with Gasteiger partial charge in [0.25, 0.3) is 10.1 Å². The first-order valence-electron chi connectivity index (χ1n) is 9.29. The second-order valence-electron chi connectivity index (χ2n) is 6.75. The molecule has 1 aliphatic rings. The van der Waals surface area contributed by atoms with Crippen LogP contribution in [0.5, 0.6) is 5.75 Å². The van der Waals surface area contributed by atoms with Crippen LogP contribution in [-0.2, 0) is 25.6 Å². The maximum atomic E-state index is 12.0. The van der Waals surface area contributed by atoms with Crippen LogP contribution in [0.4, 0.5) is 4.79 Å². The molecular weight excluding hydrogens is 390 g/mol. The van der Waals surface area contributed by atoms with Crippen LogP contribution in [0.2, 0.25) is 0 Å². The third-order valence-corrected chi connectivity index (χ3v) is 4.88. The van der Waals surface area contributed by atoms with Crippen molar-refractivity contribution in [1.29, 1.82) is 0 Å². The second kappa shape index (κ2) is 10.5. The maximum Gasteiger partial charge on any atom is 0.409 e. The molecule has 0 aliphatic carbocycles. The van der Waals surface area contributed by atoms with E-state index in [0.29, 0.717) is 26.3 Å². The highest BCUT2D eigenvalue weighted by molar-refractivity contribution is 7.85. The number of amides is 1. The first-order valence-corrected chi connectivity index (χ1v) is 11.1. The average Bonchev–Trinajstić information content (AvgIpc) is 2.65. The van der Waals surface area contributed by atoms with E-state index in [1.807, 2.05) is 6.92 Å². The van der Waals surface area contributed by atoms with E-state index in [4.69, 9.17) is 13.9 Å². The van der Waals surface area contributed by atoms with Gasteiger partial charge in [0.1, 0.15) is 18.6 Å². The summed E-state index contributed by atoms with van der Waals surface area (Å²) in [5.41, 5.74) is -0.407. The molecule has 9 nitrogen and oxygen atoms in total. The number of carbonyl (C=O) groups is 1. The Morgan fingerprint density at radius 2 is 2.04 bits per heavy atom. The summed E-state index contributed by atoms with van der Waals surface area (Å²) >= 11 is 0. The molecule has 1 saturated heterocycles. The Hall–Kier alpha value is -2.07. The largest absolute Gasteiger partial charge is 0.486 e. The van der Waals surface area contributed by atoms with Gasteiger partial charge in [-0.2, -0.15) is 8.42 Å². The van der Waals surface area contributed by atoms with Crippen molar-refractivity contribution in [3.05, 3.63) is 28.3 Å². The van der Waals surface area contributed by atoms with E-state index in [-0.39, 0.29) is 30.1 Å². The molecule has 1 aliphatic heterocycles. The average molecular weight is 417 g/mol. The Morgan fingerprint density at radius 1 is 1.32 bits per heavy atom. The summed E-state index contributed by atoms with van der Waals surface area (Å²) in [4.78, 5) is 25.7.